The molecular weight excluding hydrogens is 300 g/mol. The van der Waals surface area contributed by atoms with Gasteiger partial charge in [-0.05, 0) is 37.4 Å². The van der Waals surface area contributed by atoms with Crippen molar-refractivity contribution < 1.29 is 9.90 Å². The van der Waals surface area contributed by atoms with Gasteiger partial charge in [0.15, 0.2) is 0 Å². The summed E-state index contributed by atoms with van der Waals surface area (Å²) in [7, 11) is 2.01. The molecule has 5 heteroatoms. The molecular formula is C17H25ClN2O2. The molecule has 2 N–H and O–H groups in total. The molecule has 0 bridgehead atoms. The highest BCUT2D eigenvalue weighted by molar-refractivity contribution is 6.31. The van der Waals surface area contributed by atoms with Gasteiger partial charge in [0.05, 0.1) is 6.10 Å². The van der Waals surface area contributed by atoms with Crippen molar-refractivity contribution in [1.29, 1.82) is 0 Å². The Labute approximate surface area is 137 Å². The van der Waals surface area contributed by atoms with Crippen LogP contribution >= 0.6 is 11.6 Å². The van der Waals surface area contributed by atoms with Crippen LogP contribution in [-0.4, -0.2) is 42.2 Å². The summed E-state index contributed by atoms with van der Waals surface area (Å²) in [5.74, 6) is 0.384. The third kappa shape index (κ3) is 5.27. The molecule has 0 aromatic heterocycles. The summed E-state index contributed by atoms with van der Waals surface area (Å²) >= 11 is 6.06. The van der Waals surface area contributed by atoms with Gasteiger partial charge in [-0.2, -0.15) is 0 Å². The zero-order valence-corrected chi connectivity index (χ0v) is 13.9. The van der Waals surface area contributed by atoms with Crippen molar-refractivity contribution in [2.75, 3.05) is 20.1 Å². The Bertz CT molecular complexity index is 495. The van der Waals surface area contributed by atoms with Gasteiger partial charge in [-0.25, -0.2) is 0 Å². The molecule has 1 aromatic rings. The summed E-state index contributed by atoms with van der Waals surface area (Å²) < 4.78 is 0. The maximum atomic E-state index is 11.9. The van der Waals surface area contributed by atoms with Gasteiger partial charge in [-0.15, -0.1) is 0 Å². The molecule has 2 atom stereocenters. The zero-order chi connectivity index (χ0) is 15.9. The van der Waals surface area contributed by atoms with Crippen LogP contribution in [0.5, 0.6) is 0 Å². The van der Waals surface area contributed by atoms with E-state index in [0.29, 0.717) is 30.5 Å². The fourth-order valence-corrected chi connectivity index (χ4v) is 3.14. The molecule has 0 aliphatic heterocycles. The molecule has 0 saturated heterocycles. The quantitative estimate of drug-likeness (QED) is 0.810. The molecule has 22 heavy (non-hydrogen) atoms. The monoisotopic (exact) mass is 324 g/mol. The lowest BCUT2D eigenvalue weighted by atomic mass is 10.1. The number of carbonyl (C=O) groups excluding carboxylic acids is 1. The Balaban J connectivity index is 1.66. The molecule has 0 spiro atoms. The summed E-state index contributed by atoms with van der Waals surface area (Å²) in [6, 6.07) is 7.52. The van der Waals surface area contributed by atoms with Crippen LogP contribution in [-0.2, 0) is 11.3 Å². The van der Waals surface area contributed by atoms with Crippen molar-refractivity contribution in [3.8, 4) is 0 Å². The SMILES string of the molecule is CN(CCC(=O)NCc1ccccc1Cl)CC1CCCC1O. The number of benzene rings is 1. The van der Waals surface area contributed by atoms with E-state index in [1.54, 1.807) is 0 Å². The molecule has 1 fully saturated rings. The molecule has 0 heterocycles. The van der Waals surface area contributed by atoms with E-state index >= 15 is 0 Å². The molecule has 4 nitrogen and oxygen atoms in total. The number of amides is 1. The molecule has 1 amide bonds. The minimum Gasteiger partial charge on any atom is -0.393 e. The first kappa shape index (κ1) is 17.3. The van der Waals surface area contributed by atoms with Crippen LogP contribution in [0.2, 0.25) is 5.02 Å². The number of nitrogens with zero attached hydrogens (tertiary/aromatic N) is 1. The molecule has 1 aliphatic rings. The van der Waals surface area contributed by atoms with Gasteiger partial charge in [0.2, 0.25) is 5.91 Å². The van der Waals surface area contributed by atoms with E-state index in [-0.39, 0.29) is 12.0 Å². The van der Waals surface area contributed by atoms with Gasteiger partial charge in [0, 0.05) is 31.1 Å². The minimum atomic E-state index is -0.170. The van der Waals surface area contributed by atoms with E-state index in [1.165, 1.54) is 0 Å². The maximum absolute atomic E-state index is 11.9. The topological polar surface area (TPSA) is 52.6 Å². The number of rotatable bonds is 7. The van der Waals surface area contributed by atoms with Gasteiger partial charge in [-0.3, -0.25) is 4.79 Å². The lowest BCUT2D eigenvalue weighted by Gasteiger charge is -2.22. The Morgan fingerprint density at radius 3 is 2.86 bits per heavy atom. The number of aliphatic hydroxyl groups is 1. The zero-order valence-electron chi connectivity index (χ0n) is 13.1. The number of hydrogen-bond donors (Lipinski definition) is 2. The lowest BCUT2D eigenvalue weighted by molar-refractivity contribution is -0.121. The molecule has 1 aliphatic carbocycles. The molecule has 2 unspecified atom stereocenters. The lowest BCUT2D eigenvalue weighted by Crippen LogP contribution is -2.33. The predicted molar refractivity (Wildman–Crippen MR) is 88.8 cm³/mol. The van der Waals surface area contributed by atoms with E-state index in [0.717, 1.165) is 31.4 Å². The van der Waals surface area contributed by atoms with Crippen molar-refractivity contribution in [3.63, 3.8) is 0 Å². The van der Waals surface area contributed by atoms with Crippen LogP contribution in [0.4, 0.5) is 0 Å². The number of halogens is 1. The number of hydrogen-bond acceptors (Lipinski definition) is 3. The number of nitrogens with one attached hydrogen (secondary N) is 1. The van der Waals surface area contributed by atoms with Crippen molar-refractivity contribution >= 4 is 17.5 Å². The second-order valence-corrected chi connectivity index (χ2v) is 6.55. The van der Waals surface area contributed by atoms with Crippen LogP contribution in [0.15, 0.2) is 24.3 Å². The Hall–Kier alpha value is -1.10. The highest BCUT2D eigenvalue weighted by Crippen LogP contribution is 2.25. The third-order valence-corrected chi connectivity index (χ3v) is 4.69. The largest absolute Gasteiger partial charge is 0.393 e. The van der Waals surface area contributed by atoms with Gasteiger partial charge in [0.25, 0.3) is 0 Å². The molecule has 1 saturated carbocycles. The van der Waals surface area contributed by atoms with Crippen LogP contribution in [0, 0.1) is 5.92 Å². The number of carbonyl (C=O) groups is 1. The highest BCUT2D eigenvalue weighted by Gasteiger charge is 2.26. The molecule has 0 radical (unpaired) electrons. The van der Waals surface area contributed by atoms with Gasteiger partial charge < -0.3 is 15.3 Å². The second-order valence-electron chi connectivity index (χ2n) is 6.14. The van der Waals surface area contributed by atoms with Crippen LogP contribution in [0.1, 0.15) is 31.2 Å². The summed E-state index contributed by atoms with van der Waals surface area (Å²) in [5, 5.41) is 13.4. The van der Waals surface area contributed by atoms with Gasteiger partial charge >= 0.3 is 0 Å². The summed E-state index contributed by atoms with van der Waals surface area (Å²) in [4.78, 5) is 14.0. The minimum absolute atomic E-state index is 0.0266. The normalized spacial score (nSPS) is 21.3. The average molecular weight is 325 g/mol. The standard InChI is InChI=1S/C17H25ClN2O2/c1-20(12-14-6-4-8-16(14)21)10-9-17(22)19-11-13-5-2-3-7-15(13)18/h2-3,5,7,14,16,21H,4,6,8-12H2,1H3,(H,19,22). The Kier molecular flexibility index (Phi) is 6.68. The number of aliphatic hydroxyl groups excluding tert-OH is 1. The Morgan fingerprint density at radius 2 is 2.18 bits per heavy atom. The van der Waals surface area contributed by atoms with Crippen LogP contribution < -0.4 is 5.32 Å². The van der Waals surface area contributed by atoms with Crippen LogP contribution in [0.25, 0.3) is 0 Å². The summed E-state index contributed by atoms with van der Waals surface area (Å²) in [6.45, 7) is 2.03. The van der Waals surface area contributed by atoms with E-state index in [9.17, 15) is 9.90 Å². The first-order valence-electron chi connectivity index (χ1n) is 7.93. The van der Waals surface area contributed by atoms with Crippen molar-refractivity contribution in [2.24, 2.45) is 5.92 Å². The van der Waals surface area contributed by atoms with E-state index < -0.39 is 0 Å². The van der Waals surface area contributed by atoms with Gasteiger partial charge in [0.1, 0.15) is 0 Å². The Morgan fingerprint density at radius 1 is 1.41 bits per heavy atom. The van der Waals surface area contributed by atoms with E-state index in [4.69, 9.17) is 11.6 Å². The van der Waals surface area contributed by atoms with Crippen molar-refractivity contribution in [1.82, 2.24) is 10.2 Å². The summed E-state index contributed by atoms with van der Waals surface area (Å²) in [6.07, 6.45) is 3.40. The van der Waals surface area contributed by atoms with Gasteiger partial charge in [-0.1, -0.05) is 36.2 Å². The van der Waals surface area contributed by atoms with E-state index in [1.807, 2.05) is 31.3 Å². The van der Waals surface area contributed by atoms with E-state index in [2.05, 4.69) is 10.2 Å². The summed E-state index contributed by atoms with van der Waals surface area (Å²) in [5.41, 5.74) is 0.931. The third-order valence-electron chi connectivity index (χ3n) is 4.32. The predicted octanol–water partition coefficient (Wildman–Crippen LogP) is 2.44. The highest BCUT2D eigenvalue weighted by atomic mass is 35.5. The average Bonchev–Trinajstić information content (AvgIpc) is 2.89. The maximum Gasteiger partial charge on any atom is 0.221 e. The molecule has 122 valence electrons. The van der Waals surface area contributed by atoms with Crippen molar-refractivity contribution in [2.45, 2.75) is 38.3 Å². The molecule has 1 aromatic carbocycles. The molecule has 2 rings (SSSR count). The fraction of sp³-hybridized carbons (Fsp3) is 0.588. The smallest absolute Gasteiger partial charge is 0.221 e. The fourth-order valence-electron chi connectivity index (χ4n) is 2.94. The van der Waals surface area contributed by atoms with Crippen molar-refractivity contribution in [3.05, 3.63) is 34.9 Å². The second kappa shape index (κ2) is 8.51. The first-order chi connectivity index (χ1) is 10.6. The first-order valence-corrected chi connectivity index (χ1v) is 8.31. The van der Waals surface area contributed by atoms with Crippen LogP contribution in [0.3, 0.4) is 0 Å².